The molecule has 0 aliphatic heterocycles. The van der Waals surface area contributed by atoms with Gasteiger partial charge in [0, 0.05) is 13.0 Å². The molecular formula is C6H11ClO4. The Hall–Kier alpha value is -0.320. The second-order valence-electron chi connectivity index (χ2n) is 2.53. The largest absolute Gasteiger partial charge is 0.480 e. The van der Waals surface area contributed by atoms with Gasteiger partial charge in [0.1, 0.15) is 0 Å². The maximum Gasteiger partial charge on any atom is 0.324 e. The zero-order valence-corrected chi connectivity index (χ0v) is 6.88. The van der Waals surface area contributed by atoms with E-state index < -0.39 is 16.9 Å². The van der Waals surface area contributed by atoms with Gasteiger partial charge >= 0.3 is 5.97 Å². The summed E-state index contributed by atoms with van der Waals surface area (Å²) in [6.45, 7) is 0.985. The highest BCUT2D eigenvalue weighted by atomic mass is 35.5. The summed E-state index contributed by atoms with van der Waals surface area (Å²) >= 11 is 5.33. The molecule has 66 valence electrons. The van der Waals surface area contributed by atoms with E-state index in [4.69, 9.17) is 21.8 Å². The first-order valence-corrected chi connectivity index (χ1v) is 3.55. The van der Waals surface area contributed by atoms with Gasteiger partial charge < -0.3 is 15.3 Å². The predicted molar refractivity (Wildman–Crippen MR) is 39.6 cm³/mol. The lowest BCUT2D eigenvalue weighted by molar-refractivity contribution is -0.141. The summed E-state index contributed by atoms with van der Waals surface area (Å²) in [6, 6.07) is 0. The minimum Gasteiger partial charge on any atom is -0.480 e. The number of carboxylic acid groups (broad SMARTS) is 1. The van der Waals surface area contributed by atoms with Crippen molar-refractivity contribution in [3.8, 4) is 0 Å². The maximum atomic E-state index is 10.2. The van der Waals surface area contributed by atoms with Crippen molar-refractivity contribution in [3.05, 3.63) is 0 Å². The first kappa shape index (κ1) is 10.7. The van der Waals surface area contributed by atoms with Crippen LogP contribution in [0.5, 0.6) is 0 Å². The first-order valence-electron chi connectivity index (χ1n) is 3.12. The van der Waals surface area contributed by atoms with Crippen LogP contribution in [-0.4, -0.2) is 38.9 Å². The van der Waals surface area contributed by atoms with E-state index in [1.165, 1.54) is 6.92 Å². The van der Waals surface area contributed by atoms with Crippen LogP contribution in [0.15, 0.2) is 0 Å². The van der Waals surface area contributed by atoms with Crippen LogP contribution >= 0.6 is 11.6 Å². The zero-order valence-electron chi connectivity index (χ0n) is 6.12. The van der Waals surface area contributed by atoms with Gasteiger partial charge in [-0.05, 0) is 6.92 Å². The average molecular weight is 183 g/mol. The van der Waals surface area contributed by atoms with Crippen molar-refractivity contribution in [3.63, 3.8) is 0 Å². The summed E-state index contributed by atoms with van der Waals surface area (Å²) in [5.41, 5.74) is -1.55. The van der Waals surface area contributed by atoms with Gasteiger partial charge in [-0.3, -0.25) is 4.79 Å². The fourth-order valence-electron chi connectivity index (χ4n) is 0.619. The smallest absolute Gasteiger partial charge is 0.324 e. The second kappa shape index (κ2) is 3.90. The van der Waals surface area contributed by atoms with Crippen LogP contribution in [0.1, 0.15) is 13.3 Å². The molecule has 0 saturated carbocycles. The third-order valence-electron chi connectivity index (χ3n) is 1.38. The van der Waals surface area contributed by atoms with E-state index in [0.29, 0.717) is 0 Å². The predicted octanol–water partition coefficient (Wildman–Crippen LogP) is -0.188. The lowest BCUT2D eigenvalue weighted by atomic mass is 9.98. The quantitative estimate of drug-likeness (QED) is 0.527. The number of aliphatic hydroxyl groups excluding tert-OH is 1. The number of carbonyl (C=O) groups is 1. The molecule has 0 radical (unpaired) electrons. The molecule has 0 aliphatic carbocycles. The van der Waals surface area contributed by atoms with Crippen molar-refractivity contribution in [1.29, 1.82) is 0 Å². The van der Waals surface area contributed by atoms with Crippen LogP contribution < -0.4 is 0 Å². The fourth-order valence-corrected chi connectivity index (χ4v) is 0.728. The van der Waals surface area contributed by atoms with Crippen LogP contribution in [0.4, 0.5) is 0 Å². The molecule has 0 spiro atoms. The topological polar surface area (TPSA) is 77.8 Å². The fraction of sp³-hybridized carbons (Fsp3) is 0.833. The molecule has 0 aliphatic rings. The monoisotopic (exact) mass is 182 g/mol. The molecule has 5 heteroatoms. The van der Waals surface area contributed by atoms with Crippen molar-refractivity contribution >= 4 is 17.6 Å². The van der Waals surface area contributed by atoms with Gasteiger partial charge in [0.05, 0.1) is 5.60 Å². The highest BCUT2D eigenvalue weighted by molar-refractivity contribution is 6.30. The number of halogens is 1. The minimum atomic E-state index is -1.55. The third kappa shape index (κ3) is 3.05. The lowest BCUT2D eigenvalue weighted by Gasteiger charge is -2.24. The summed E-state index contributed by atoms with van der Waals surface area (Å²) in [7, 11) is 0. The molecular weight excluding hydrogens is 172 g/mol. The van der Waals surface area contributed by atoms with E-state index in [9.17, 15) is 9.90 Å². The summed E-state index contributed by atoms with van der Waals surface area (Å²) < 4.78 is 0. The van der Waals surface area contributed by atoms with E-state index in [1.807, 2.05) is 0 Å². The van der Waals surface area contributed by atoms with Gasteiger partial charge in [-0.2, -0.15) is 0 Å². The molecule has 11 heavy (non-hydrogen) atoms. The first-order chi connectivity index (χ1) is 4.91. The van der Waals surface area contributed by atoms with Gasteiger partial charge in [0.2, 0.25) is 0 Å². The molecule has 0 aromatic rings. The van der Waals surface area contributed by atoms with E-state index in [1.54, 1.807) is 0 Å². The molecule has 1 unspecified atom stereocenters. The van der Waals surface area contributed by atoms with Crippen LogP contribution in [0.25, 0.3) is 0 Å². The Labute approximate surface area is 69.4 Å². The molecule has 4 nitrogen and oxygen atoms in total. The van der Waals surface area contributed by atoms with Crippen molar-refractivity contribution in [1.82, 2.24) is 0 Å². The Balaban J connectivity index is 4.16. The van der Waals surface area contributed by atoms with Crippen molar-refractivity contribution in [2.24, 2.45) is 0 Å². The summed E-state index contributed by atoms with van der Waals surface area (Å²) in [5, 5.41) is 24.7. The number of hydrogen-bond donors (Lipinski definition) is 3. The summed E-state index contributed by atoms with van der Waals surface area (Å²) in [6.07, 6.45) is -0.0481. The van der Waals surface area contributed by atoms with Crippen LogP contribution in [0.2, 0.25) is 0 Å². The van der Waals surface area contributed by atoms with Gasteiger partial charge in [0.15, 0.2) is 5.38 Å². The average Bonchev–Trinajstić information content (AvgIpc) is 1.86. The van der Waals surface area contributed by atoms with Crippen LogP contribution in [0, 0.1) is 0 Å². The molecule has 0 fully saturated rings. The van der Waals surface area contributed by atoms with E-state index in [2.05, 4.69) is 0 Å². The van der Waals surface area contributed by atoms with Crippen molar-refractivity contribution in [2.45, 2.75) is 24.3 Å². The SMILES string of the molecule is C[C@@](O)(CCO)C(Cl)C(=O)O. The molecule has 0 aromatic heterocycles. The van der Waals surface area contributed by atoms with E-state index >= 15 is 0 Å². The highest BCUT2D eigenvalue weighted by Crippen LogP contribution is 2.19. The Kier molecular flexibility index (Phi) is 3.78. The molecule has 0 aromatic carbocycles. The number of hydrogen-bond acceptors (Lipinski definition) is 3. The second-order valence-corrected chi connectivity index (χ2v) is 2.97. The standard InChI is InChI=1S/C6H11ClO4/c1-6(11,2-3-8)4(7)5(9)10/h4,8,11H,2-3H2,1H3,(H,9,10)/t4?,6-/m1/s1. The summed E-state index contributed by atoms with van der Waals surface area (Å²) in [5.74, 6) is -1.29. The third-order valence-corrected chi connectivity index (χ3v) is 2.04. The van der Waals surface area contributed by atoms with E-state index in [0.717, 1.165) is 0 Å². The van der Waals surface area contributed by atoms with Gasteiger partial charge in [-0.1, -0.05) is 0 Å². The zero-order chi connectivity index (χ0) is 9.07. The lowest BCUT2D eigenvalue weighted by Crippen LogP contribution is -2.41. The minimum absolute atomic E-state index is 0.0481. The Morgan fingerprint density at radius 1 is 1.73 bits per heavy atom. The normalized spacial score (nSPS) is 18.9. The molecule has 0 saturated heterocycles. The number of aliphatic hydroxyl groups is 2. The Morgan fingerprint density at radius 2 is 2.18 bits per heavy atom. The number of alkyl halides is 1. The Bertz CT molecular complexity index is 146. The summed E-state index contributed by atoms with van der Waals surface area (Å²) in [4.78, 5) is 10.2. The number of rotatable bonds is 4. The molecule has 0 heterocycles. The van der Waals surface area contributed by atoms with Gasteiger partial charge in [-0.25, -0.2) is 0 Å². The molecule has 0 bridgehead atoms. The highest BCUT2D eigenvalue weighted by Gasteiger charge is 2.35. The van der Waals surface area contributed by atoms with Crippen LogP contribution in [0.3, 0.4) is 0 Å². The van der Waals surface area contributed by atoms with Crippen molar-refractivity contribution < 1.29 is 20.1 Å². The van der Waals surface area contributed by atoms with E-state index in [-0.39, 0.29) is 13.0 Å². The number of aliphatic carboxylic acids is 1. The van der Waals surface area contributed by atoms with Gasteiger partial charge in [-0.15, -0.1) is 11.6 Å². The molecule has 3 N–H and O–H groups in total. The van der Waals surface area contributed by atoms with Crippen LogP contribution in [-0.2, 0) is 4.79 Å². The Morgan fingerprint density at radius 3 is 2.45 bits per heavy atom. The molecule has 2 atom stereocenters. The maximum absolute atomic E-state index is 10.2. The number of carboxylic acids is 1. The molecule has 0 rings (SSSR count). The molecule has 0 amide bonds. The van der Waals surface area contributed by atoms with Crippen molar-refractivity contribution in [2.75, 3.05) is 6.61 Å². The van der Waals surface area contributed by atoms with Gasteiger partial charge in [0.25, 0.3) is 0 Å².